The number of fused-ring (bicyclic) bond motifs is 2. The number of carbonyl (C=O) groups is 1. The Morgan fingerprint density at radius 2 is 2.10 bits per heavy atom. The third-order valence-corrected chi connectivity index (χ3v) is 2.35. The van der Waals surface area contributed by atoms with Gasteiger partial charge < -0.3 is 15.5 Å². The minimum atomic E-state index is -0.834. The summed E-state index contributed by atoms with van der Waals surface area (Å²) in [7, 11) is 0. The minimum Gasteiger partial charge on any atom is -0.390 e. The van der Waals surface area contributed by atoms with Gasteiger partial charge in [-0.25, -0.2) is 0 Å². The molecule has 2 bridgehead atoms. The molecule has 1 aliphatic carbocycles. The molecule has 2 aliphatic rings. The van der Waals surface area contributed by atoms with Crippen molar-refractivity contribution in [1.29, 1.82) is 0 Å². The predicted octanol–water partition coefficient (Wildman–Crippen LogP) is -1.77. The Balaban J connectivity index is 2.24. The summed E-state index contributed by atoms with van der Waals surface area (Å²) in [5.74, 6) is -0.484. The van der Waals surface area contributed by atoms with Crippen LogP contribution >= 0.6 is 0 Å². The van der Waals surface area contributed by atoms with Crippen LogP contribution < -0.4 is 5.32 Å². The Bertz CT molecular complexity index is 180. The van der Waals surface area contributed by atoms with Crippen molar-refractivity contribution >= 4 is 5.91 Å². The summed E-state index contributed by atoms with van der Waals surface area (Å²) in [6, 6.07) is -0.201. The maximum absolute atomic E-state index is 10.8. The van der Waals surface area contributed by atoms with Gasteiger partial charge in [0, 0.05) is 0 Å². The second kappa shape index (κ2) is 1.71. The fourth-order valence-corrected chi connectivity index (χ4v) is 1.72. The van der Waals surface area contributed by atoms with Crippen molar-refractivity contribution in [3.63, 3.8) is 0 Å². The molecule has 0 radical (unpaired) electrons. The van der Waals surface area contributed by atoms with E-state index in [1.54, 1.807) is 0 Å². The lowest BCUT2D eigenvalue weighted by atomic mass is 10.1. The van der Waals surface area contributed by atoms with Crippen LogP contribution in [0.4, 0.5) is 0 Å². The summed E-state index contributed by atoms with van der Waals surface area (Å²) in [5.41, 5.74) is 0. The number of amides is 1. The number of hydrogen-bond acceptors (Lipinski definition) is 3. The highest BCUT2D eigenvalue weighted by atomic mass is 16.3. The number of aliphatic hydroxyl groups is 2. The number of rotatable bonds is 0. The largest absolute Gasteiger partial charge is 0.390 e. The van der Waals surface area contributed by atoms with Crippen molar-refractivity contribution in [3.05, 3.63) is 0 Å². The van der Waals surface area contributed by atoms with Gasteiger partial charge in [-0.3, -0.25) is 4.79 Å². The molecule has 4 heteroatoms. The van der Waals surface area contributed by atoms with Crippen LogP contribution in [0.1, 0.15) is 6.42 Å². The van der Waals surface area contributed by atoms with E-state index in [1.807, 2.05) is 0 Å². The van der Waals surface area contributed by atoms with E-state index in [4.69, 9.17) is 10.2 Å². The molecule has 0 aromatic carbocycles. The van der Waals surface area contributed by atoms with Crippen LogP contribution in [0.2, 0.25) is 0 Å². The van der Waals surface area contributed by atoms with Crippen LogP contribution in [-0.2, 0) is 4.79 Å². The van der Waals surface area contributed by atoms with Crippen molar-refractivity contribution < 1.29 is 15.0 Å². The number of carbonyl (C=O) groups excluding carboxylic acids is 1. The number of hydrogen-bond donors (Lipinski definition) is 3. The van der Waals surface area contributed by atoms with Gasteiger partial charge in [0.05, 0.1) is 18.1 Å². The van der Waals surface area contributed by atoms with Gasteiger partial charge in [0.2, 0.25) is 5.91 Å². The Hall–Kier alpha value is -0.610. The third-order valence-electron chi connectivity index (χ3n) is 2.35. The molecule has 0 aromatic heterocycles. The first-order valence-corrected chi connectivity index (χ1v) is 3.36. The average molecular weight is 143 g/mol. The van der Waals surface area contributed by atoms with Crippen LogP contribution in [0.5, 0.6) is 0 Å². The van der Waals surface area contributed by atoms with Crippen molar-refractivity contribution in [1.82, 2.24) is 5.32 Å². The summed E-state index contributed by atoms with van der Waals surface area (Å²) in [5, 5.41) is 20.9. The molecule has 56 valence electrons. The van der Waals surface area contributed by atoms with Gasteiger partial charge in [0.1, 0.15) is 6.10 Å². The molecule has 4 atom stereocenters. The summed E-state index contributed by atoms with van der Waals surface area (Å²) in [4.78, 5) is 10.8. The fourth-order valence-electron chi connectivity index (χ4n) is 1.72. The van der Waals surface area contributed by atoms with Crippen molar-refractivity contribution in [2.75, 3.05) is 0 Å². The molecular formula is C6H9NO3. The first kappa shape index (κ1) is 6.12. The molecule has 2 fully saturated rings. The molecule has 4 nitrogen and oxygen atoms in total. The summed E-state index contributed by atoms with van der Waals surface area (Å²) >= 11 is 0. The summed E-state index contributed by atoms with van der Waals surface area (Å²) in [6.45, 7) is 0. The lowest BCUT2D eigenvalue weighted by Gasteiger charge is -2.22. The number of nitrogens with one attached hydrogen (secondary N) is 1. The smallest absolute Gasteiger partial charge is 0.226 e. The highest BCUT2D eigenvalue weighted by molar-refractivity contribution is 5.83. The molecule has 1 unspecified atom stereocenters. The Morgan fingerprint density at radius 1 is 1.40 bits per heavy atom. The van der Waals surface area contributed by atoms with Gasteiger partial charge in [-0.15, -0.1) is 0 Å². The molecule has 0 aromatic rings. The van der Waals surface area contributed by atoms with Crippen LogP contribution in [0, 0.1) is 5.92 Å². The molecule has 1 heterocycles. The maximum atomic E-state index is 10.8. The lowest BCUT2D eigenvalue weighted by molar-refractivity contribution is -0.131. The second-order valence-corrected chi connectivity index (χ2v) is 2.94. The second-order valence-electron chi connectivity index (χ2n) is 2.94. The van der Waals surface area contributed by atoms with E-state index in [0.29, 0.717) is 6.42 Å². The van der Waals surface area contributed by atoms with Crippen LogP contribution in [0.25, 0.3) is 0 Å². The van der Waals surface area contributed by atoms with Crippen LogP contribution in [-0.4, -0.2) is 34.4 Å². The summed E-state index contributed by atoms with van der Waals surface area (Å²) < 4.78 is 0. The number of aliphatic hydroxyl groups excluding tert-OH is 2. The van der Waals surface area contributed by atoms with Crippen LogP contribution in [0.3, 0.4) is 0 Å². The quantitative estimate of drug-likeness (QED) is 0.375. The molecule has 1 saturated heterocycles. The van der Waals surface area contributed by atoms with Gasteiger partial charge in [-0.05, 0) is 6.42 Å². The maximum Gasteiger partial charge on any atom is 0.226 e. The minimum absolute atomic E-state index is 0.122. The predicted molar refractivity (Wildman–Crippen MR) is 32.1 cm³/mol. The molecule has 1 saturated carbocycles. The highest BCUT2D eigenvalue weighted by Gasteiger charge is 2.51. The normalized spacial score (nSPS) is 51.6. The zero-order chi connectivity index (χ0) is 7.30. The van der Waals surface area contributed by atoms with E-state index in [0.717, 1.165) is 0 Å². The van der Waals surface area contributed by atoms with Crippen LogP contribution in [0.15, 0.2) is 0 Å². The molecule has 2 rings (SSSR count). The van der Waals surface area contributed by atoms with Gasteiger partial charge in [0.15, 0.2) is 0 Å². The SMILES string of the molecule is O=C1N[C@@H]2C[C@H]1[C@H](O)C2O. The molecule has 1 amide bonds. The van der Waals surface area contributed by atoms with Gasteiger partial charge in [-0.2, -0.15) is 0 Å². The zero-order valence-corrected chi connectivity index (χ0v) is 5.32. The third kappa shape index (κ3) is 0.552. The van der Waals surface area contributed by atoms with E-state index >= 15 is 0 Å². The van der Waals surface area contributed by atoms with E-state index < -0.39 is 12.2 Å². The Kier molecular flexibility index (Phi) is 1.04. The van der Waals surface area contributed by atoms with Gasteiger partial charge in [0.25, 0.3) is 0 Å². The van der Waals surface area contributed by atoms with E-state index in [-0.39, 0.29) is 17.9 Å². The van der Waals surface area contributed by atoms with E-state index in [9.17, 15) is 4.79 Å². The van der Waals surface area contributed by atoms with Gasteiger partial charge >= 0.3 is 0 Å². The highest BCUT2D eigenvalue weighted by Crippen LogP contribution is 2.32. The molecular weight excluding hydrogens is 134 g/mol. The monoisotopic (exact) mass is 143 g/mol. The van der Waals surface area contributed by atoms with Crippen molar-refractivity contribution in [3.8, 4) is 0 Å². The lowest BCUT2D eigenvalue weighted by Crippen LogP contribution is -2.48. The standard InChI is InChI=1S/C6H9NO3/c8-4-2-1-3(5(4)9)7-6(2)10/h2-5,8-9H,1H2,(H,7,10)/t2-,3+,4-,5?/m0/s1. The molecule has 0 spiro atoms. The van der Waals surface area contributed by atoms with E-state index in [1.165, 1.54) is 0 Å². The topological polar surface area (TPSA) is 69.6 Å². The summed E-state index contributed by atoms with van der Waals surface area (Å²) in [6.07, 6.45) is -0.998. The average Bonchev–Trinajstić information content (AvgIpc) is 2.36. The van der Waals surface area contributed by atoms with Crippen molar-refractivity contribution in [2.24, 2.45) is 5.92 Å². The fraction of sp³-hybridized carbons (Fsp3) is 0.833. The molecule has 10 heavy (non-hydrogen) atoms. The first-order valence-electron chi connectivity index (χ1n) is 3.36. The van der Waals surface area contributed by atoms with Crippen molar-refractivity contribution in [2.45, 2.75) is 24.7 Å². The van der Waals surface area contributed by atoms with Gasteiger partial charge in [-0.1, -0.05) is 0 Å². The zero-order valence-electron chi connectivity index (χ0n) is 5.32. The van der Waals surface area contributed by atoms with E-state index in [2.05, 4.69) is 5.32 Å². The number of piperidine rings is 1. The molecule has 1 aliphatic heterocycles. The Morgan fingerprint density at radius 3 is 2.50 bits per heavy atom. The first-order chi connectivity index (χ1) is 4.70. The Labute approximate surface area is 57.9 Å². The molecule has 3 N–H and O–H groups in total.